The summed E-state index contributed by atoms with van der Waals surface area (Å²) in [6, 6.07) is -1.06. The summed E-state index contributed by atoms with van der Waals surface area (Å²) >= 11 is 0. The Morgan fingerprint density at radius 2 is 2.00 bits per heavy atom. The monoisotopic (exact) mass is 269 g/mol. The molecule has 0 atom stereocenters. The summed E-state index contributed by atoms with van der Waals surface area (Å²) in [6.07, 6.45) is 1.89. The molecule has 0 saturated heterocycles. The molecule has 9 heteroatoms. The molecule has 19 heavy (non-hydrogen) atoms. The topological polar surface area (TPSA) is 142 Å². The van der Waals surface area contributed by atoms with Gasteiger partial charge in [-0.15, -0.1) is 0 Å². The first-order valence-electron chi connectivity index (χ1n) is 5.55. The zero-order valence-corrected chi connectivity index (χ0v) is 10.4. The van der Waals surface area contributed by atoms with E-state index < -0.39 is 29.7 Å². The van der Waals surface area contributed by atoms with Gasteiger partial charge in [0.05, 0.1) is 0 Å². The van der Waals surface area contributed by atoms with Gasteiger partial charge in [0.25, 0.3) is 5.56 Å². The largest absolute Gasteiger partial charge is 0.393 e. The predicted molar refractivity (Wildman–Crippen MR) is 67.4 cm³/mol. The van der Waals surface area contributed by atoms with E-state index in [0.717, 1.165) is 0 Å². The van der Waals surface area contributed by atoms with E-state index in [2.05, 4.69) is 0 Å². The Morgan fingerprint density at radius 1 is 1.37 bits per heavy atom. The predicted octanol–water partition coefficient (Wildman–Crippen LogP) is -1.80. The molecule has 0 bridgehead atoms. The van der Waals surface area contributed by atoms with Crippen molar-refractivity contribution in [3.05, 3.63) is 27.0 Å². The molecule has 1 heterocycles. The molecule has 0 unspecified atom stereocenters. The molecular weight excluding hydrogens is 254 g/mol. The SMILES string of the molecule is CCCn1cc(N)c(=O)n(CC(=O)NC(N)=O)c1=O. The Hall–Kier alpha value is -2.58. The quantitative estimate of drug-likeness (QED) is 0.590. The number of nitrogens with one attached hydrogen (secondary N) is 1. The van der Waals surface area contributed by atoms with Gasteiger partial charge >= 0.3 is 11.7 Å². The number of urea groups is 1. The molecule has 0 radical (unpaired) electrons. The molecular formula is C10H15N5O4. The van der Waals surface area contributed by atoms with Gasteiger partial charge in [-0.25, -0.2) is 14.2 Å². The van der Waals surface area contributed by atoms with E-state index in [-0.39, 0.29) is 5.69 Å². The van der Waals surface area contributed by atoms with Crippen molar-refractivity contribution < 1.29 is 9.59 Å². The van der Waals surface area contributed by atoms with E-state index in [1.165, 1.54) is 10.8 Å². The van der Waals surface area contributed by atoms with Crippen molar-refractivity contribution in [2.24, 2.45) is 5.73 Å². The maximum atomic E-state index is 11.9. The number of nitrogens with two attached hydrogens (primary N) is 2. The molecule has 0 aliphatic carbocycles. The molecule has 1 aromatic rings. The molecule has 1 rings (SSSR count). The number of imide groups is 1. The highest BCUT2D eigenvalue weighted by molar-refractivity contribution is 5.93. The Kier molecular flexibility index (Phi) is 4.46. The highest BCUT2D eigenvalue weighted by Gasteiger charge is 2.13. The van der Waals surface area contributed by atoms with Crippen molar-refractivity contribution >= 4 is 17.6 Å². The smallest absolute Gasteiger partial charge is 0.331 e. The van der Waals surface area contributed by atoms with Crippen LogP contribution in [0.2, 0.25) is 0 Å². The molecule has 5 N–H and O–H groups in total. The van der Waals surface area contributed by atoms with E-state index in [9.17, 15) is 19.2 Å². The number of nitrogen functional groups attached to an aromatic ring is 1. The summed E-state index contributed by atoms with van der Waals surface area (Å²) in [6.45, 7) is 1.59. The van der Waals surface area contributed by atoms with Crippen LogP contribution in [0, 0.1) is 0 Å². The van der Waals surface area contributed by atoms with Crippen molar-refractivity contribution in [1.29, 1.82) is 0 Å². The third-order valence-corrected chi connectivity index (χ3v) is 2.29. The van der Waals surface area contributed by atoms with Crippen molar-refractivity contribution in [2.75, 3.05) is 5.73 Å². The Balaban J connectivity index is 3.19. The summed E-state index contributed by atoms with van der Waals surface area (Å²) < 4.78 is 1.89. The molecule has 1 aromatic heterocycles. The minimum atomic E-state index is -1.06. The summed E-state index contributed by atoms with van der Waals surface area (Å²) in [5.74, 6) is -0.861. The summed E-state index contributed by atoms with van der Waals surface area (Å²) in [4.78, 5) is 45.5. The lowest BCUT2D eigenvalue weighted by atomic mass is 10.4. The summed E-state index contributed by atoms with van der Waals surface area (Å²) in [5.41, 5.74) is 8.65. The molecule has 0 spiro atoms. The molecule has 104 valence electrons. The highest BCUT2D eigenvalue weighted by Crippen LogP contribution is 1.92. The molecule has 0 aliphatic rings. The maximum absolute atomic E-state index is 11.9. The van der Waals surface area contributed by atoms with Crippen LogP contribution in [0.4, 0.5) is 10.5 Å². The van der Waals surface area contributed by atoms with Gasteiger partial charge in [0.2, 0.25) is 5.91 Å². The van der Waals surface area contributed by atoms with Gasteiger partial charge in [0, 0.05) is 12.7 Å². The van der Waals surface area contributed by atoms with Crippen LogP contribution in [0.5, 0.6) is 0 Å². The normalized spacial score (nSPS) is 10.2. The molecule has 0 aromatic carbocycles. The van der Waals surface area contributed by atoms with Crippen LogP contribution < -0.4 is 28.0 Å². The van der Waals surface area contributed by atoms with E-state index >= 15 is 0 Å². The first kappa shape index (κ1) is 14.5. The summed E-state index contributed by atoms with van der Waals surface area (Å²) in [7, 11) is 0. The number of rotatable bonds is 4. The van der Waals surface area contributed by atoms with Gasteiger partial charge in [-0.1, -0.05) is 6.92 Å². The second kappa shape index (κ2) is 5.85. The van der Waals surface area contributed by atoms with Gasteiger partial charge in [0.15, 0.2) is 0 Å². The first-order chi connectivity index (χ1) is 8.86. The first-order valence-corrected chi connectivity index (χ1v) is 5.55. The van der Waals surface area contributed by atoms with E-state index in [0.29, 0.717) is 17.5 Å². The lowest BCUT2D eigenvalue weighted by molar-refractivity contribution is -0.120. The van der Waals surface area contributed by atoms with Gasteiger partial charge < -0.3 is 11.5 Å². The minimum Gasteiger partial charge on any atom is -0.393 e. The zero-order valence-electron chi connectivity index (χ0n) is 10.4. The fourth-order valence-corrected chi connectivity index (χ4v) is 1.54. The van der Waals surface area contributed by atoms with Crippen molar-refractivity contribution in [2.45, 2.75) is 26.4 Å². The standard InChI is InChI=1S/C10H15N5O4/c1-2-3-14-4-6(11)8(17)15(10(14)19)5-7(16)13-9(12)18/h4H,2-3,5,11H2,1H3,(H3,12,13,16,18). The van der Waals surface area contributed by atoms with Gasteiger partial charge in [-0.05, 0) is 6.42 Å². The Labute approximate surface area is 107 Å². The van der Waals surface area contributed by atoms with Crippen molar-refractivity contribution in [3.63, 3.8) is 0 Å². The fraction of sp³-hybridized carbons (Fsp3) is 0.400. The number of aromatic nitrogens is 2. The molecule has 9 nitrogen and oxygen atoms in total. The second-order valence-electron chi connectivity index (χ2n) is 3.86. The number of nitrogens with zero attached hydrogens (tertiary/aromatic N) is 2. The number of aryl methyl sites for hydroxylation is 1. The van der Waals surface area contributed by atoms with Crippen LogP contribution >= 0.6 is 0 Å². The third kappa shape index (κ3) is 3.44. The van der Waals surface area contributed by atoms with Crippen LogP contribution in [0.3, 0.4) is 0 Å². The van der Waals surface area contributed by atoms with Gasteiger partial charge in [0.1, 0.15) is 12.2 Å². The Bertz CT molecular complexity index is 615. The zero-order chi connectivity index (χ0) is 14.6. The number of carbonyl (C=O) groups excluding carboxylic acids is 2. The summed E-state index contributed by atoms with van der Waals surface area (Å²) in [5, 5.41) is 1.77. The van der Waals surface area contributed by atoms with Crippen LogP contribution in [0.25, 0.3) is 0 Å². The number of carbonyl (C=O) groups is 2. The Morgan fingerprint density at radius 3 is 2.53 bits per heavy atom. The fourth-order valence-electron chi connectivity index (χ4n) is 1.54. The molecule has 3 amide bonds. The highest BCUT2D eigenvalue weighted by atomic mass is 16.2. The average Bonchev–Trinajstić information content (AvgIpc) is 2.31. The van der Waals surface area contributed by atoms with Gasteiger partial charge in [-0.2, -0.15) is 0 Å². The van der Waals surface area contributed by atoms with Crippen molar-refractivity contribution in [1.82, 2.24) is 14.5 Å². The minimum absolute atomic E-state index is 0.153. The van der Waals surface area contributed by atoms with Crippen molar-refractivity contribution in [3.8, 4) is 0 Å². The lowest BCUT2D eigenvalue weighted by Crippen LogP contribution is -2.46. The maximum Gasteiger partial charge on any atom is 0.331 e. The van der Waals surface area contributed by atoms with Gasteiger partial charge in [-0.3, -0.25) is 19.5 Å². The lowest BCUT2D eigenvalue weighted by Gasteiger charge is -2.10. The van der Waals surface area contributed by atoms with Crippen LogP contribution in [0.1, 0.15) is 13.3 Å². The van der Waals surface area contributed by atoms with Crippen LogP contribution in [-0.2, 0) is 17.9 Å². The number of hydrogen-bond donors (Lipinski definition) is 3. The second-order valence-corrected chi connectivity index (χ2v) is 3.86. The van der Waals surface area contributed by atoms with E-state index in [1.807, 2.05) is 6.92 Å². The third-order valence-electron chi connectivity index (χ3n) is 2.29. The number of hydrogen-bond acceptors (Lipinski definition) is 5. The molecule has 0 aliphatic heterocycles. The molecule has 0 saturated carbocycles. The van der Waals surface area contributed by atoms with Crippen LogP contribution in [-0.4, -0.2) is 21.1 Å². The molecule has 0 fully saturated rings. The number of anilines is 1. The van der Waals surface area contributed by atoms with E-state index in [4.69, 9.17) is 11.5 Å². The average molecular weight is 269 g/mol. The number of primary amides is 1. The van der Waals surface area contributed by atoms with Crippen LogP contribution in [0.15, 0.2) is 15.8 Å². The van der Waals surface area contributed by atoms with E-state index in [1.54, 1.807) is 5.32 Å². The number of amides is 3.